The van der Waals surface area contributed by atoms with Gasteiger partial charge in [0.05, 0.1) is 10.6 Å². The van der Waals surface area contributed by atoms with Crippen molar-refractivity contribution >= 4 is 21.8 Å². The third kappa shape index (κ3) is 3.09. The topological polar surface area (TPSA) is 49.3 Å². The lowest BCUT2D eigenvalue weighted by atomic mass is 10.1. The van der Waals surface area contributed by atoms with E-state index in [0.29, 0.717) is 12.1 Å². The number of hydrogen-bond donors (Lipinski definition) is 2. The van der Waals surface area contributed by atoms with Crippen molar-refractivity contribution < 1.29 is 14.3 Å². The van der Waals surface area contributed by atoms with Crippen molar-refractivity contribution in [2.45, 2.75) is 25.4 Å². The van der Waals surface area contributed by atoms with Gasteiger partial charge in [0, 0.05) is 18.0 Å². The second-order valence-electron chi connectivity index (χ2n) is 4.60. The highest BCUT2D eigenvalue weighted by atomic mass is 79.9. The van der Waals surface area contributed by atoms with Gasteiger partial charge in [0.2, 0.25) is 0 Å². The van der Waals surface area contributed by atoms with Gasteiger partial charge in [-0.25, -0.2) is 4.39 Å². The summed E-state index contributed by atoms with van der Waals surface area (Å²) in [6, 6.07) is 4.15. The fraction of sp³-hybridized carbons (Fsp3) is 0.462. The van der Waals surface area contributed by atoms with Crippen LogP contribution in [0.5, 0.6) is 0 Å². The van der Waals surface area contributed by atoms with Gasteiger partial charge in [-0.15, -0.1) is 0 Å². The number of carbonyl (C=O) groups is 1. The van der Waals surface area contributed by atoms with Crippen LogP contribution in [-0.2, 0) is 0 Å². The SMILES string of the molecule is O=C(NCC1CCCC1O)c1ccc(F)c(Br)c1. The molecule has 0 saturated heterocycles. The van der Waals surface area contributed by atoms with E-state index in [1.54, 1.807) is 0 Å². The van der Waals surface area contributed by atoms with Crippen molar-refractivity contribution in [3.8, 4) is 0 Å². The number of carbonyl (C=O) groups excluding carboxylic acids is 1. The molecule has 3 nitrogen and oxygen atoms in total. The Morgan fingerprint density at radius 1 is 1.50 bits per heavy atom. The molecular formula is C13H15BrFNO2. The van der Waals surface area contributed by atoms with Gasteiger partial charge in [0.1, 0.15) is 5.82 Å². The zero-order chi connectivity index (χ0) is 13.1. The summed E-state index contributed by atoms with van der Waals surface area (Å²) in [5.74, 6) is -0.495. The minimum absolute atomic E-state index is 0.137. The van der Waals surface area contributed by atoms with E-state index in [-0.39, 0.29) is 22.4 Å². The maximum atomic E-state index is 13.0. The van der Waals surface area contributed by atoms with Gasteiger partial charge in [-0.05, 0) is 47.0 Å². The first kappa shape index (κ1) is 13.5. The molecule has 18 heavy (non-hydrogen) atoms. The lowest BCUT2D eigenvalue weighted by Crippen LogP contribution is -2.32. The smallest absolute Gasteiger partial charge is 0.251 e. The molecule has 2 rings (SSSR count). The maximum Gasteiger partial charge on any atom is 0.251 e. The van der Waals surface area contributed by atoms with Crippen molar-refractivity contribution in [1.29, 1.82) is 0 Å². The highest BCUT2D eigenvalue weighted by molar-refractivity contribution is 9.10. The third-order valence-electron chi connectivity index (χ3n) is 3.33. The normalized spacial score (nSPS) is 23.1. The Morgan fingerprint density at radius 3 is 2.89 bits per heavy atom. The van der Waals surface area contributed by atoms with Gasteiger partial charge in [-0.2, -0.15) is 0 Å². The van der Waals surface area contributed by atoms with E-state index < -0.39 is 5.82 Å². The maximum absolute atomic E-state index is 13.0. The molecule has 0 aromatic heterocycles. The zero-order valence-electron chi connectivity index (χ0n) is 9.83. The molecule has 2 atom stereocenters. The van der Waals surface area contributed by atoms with Crippen LogP contribution in [0.3, 0.4) is 0 Å². The van der Waals surface area contributed by atoms with Crippen LogP contribution < -0.4 is 5.32 Å². The van der Waals surface area contributed by atoms with Crippen molar-refractivity contribution in [1.82, 2.24) is 5.32 Å². The molecule has 0 aliphatic heterocycles. The Balaban J connectivity index is 1.93. The van der Waals surface area contributed by atoms with Crippen LogP contribution in [-0.4, -0.2) is 23.7 Å². The van der Waals surface area contributed by atoms with Crippen LogP contribution in [0.1, 0.15) is 29.6 Å². The number of rotatable bonds is 3. The molecule has 1 aliphatic carbocycles. The number of benzene rings is 1. The largest absolute Gasteiger partial charge is 0.393 e. The molecule has 0 heterocycles. The summed E-state index contributed by atoms with van der Waals surface area (Å²) >= 11 is 3.05. The molecule has 1 aliphatic rings. The van der Waals surface area contributed by atoms with Gasteiger partial charge in [0.25, 0.3) is 5.91 Å². The van der Waals surface area contributed by atoms with Crippen LogP contribution >= 0.6 is 15.9 Å². The molecule has 1 aromatic rings. The Labute approximate surface area is 114 Å². The molecule has 0 bridgehead atoms. The fourth-order valence-electron chi connectivity index (χ4n) is 2.22. The summed E-state index contributed by atoms with van der Waals surface area (Å²) in [4.78, 5) is 11.8. The highest BCUT2D eigenvalue weighted by Gasteiger charge is 2.25. The first-order valence-electron chi connectivity index (χ1n) is 5.99. The summed E-state index contributed by atoms with van der Waals surface area (Å²) in [5.41, 5.74) is 0.413. The van der Waals surface area contributed by atoms with E-state index in [0.717, 1.165) is 19.3 Å². The van der Waals surface area contributed by atoms with Crippen LogP contribution in [0.15, 0.2) is 22.7 Å². The lowest BCUT2D eigenvalue weighted by Gasteiger charge is -2.15. The molecule has 1 saturated carbocycles. The van der Waals surface area contributed by atoms with E-state index >= 15 is 0 Å². The summed E-state index contributed by atoms with van der Waals surface area (Å²) < 4.78 is 13.3. The van der Waals surface area contributed by atoms with E-state index in [1.807, 2.05) is 0 Å². The summed E-state index contributed by atoms with van der Waals surface area (Å²) in [7, 11) is 0. The van der Waals surface area contributed by atoms with Gasteiger partial charge in [-0.3, -0.25) is 4.79 Å². The molecule has 0 spiro atoms. The Kier molecular flexibility index (Phi) is 4.35. The Morgan fingerprint density at radius 2 is 2.28 bits per heavy atom. The Bertz CT molecular complexity index is 453. The quantitative estimate of drug-likeness (QED) is 0.900. The molecule has 2 unspecified atom stereocenters. The fourth-order valence-corrected chi connectivity index (χ4v) is 2.60. The number of hydrogen-bond acceptors (Lipinski definition) is 2. The van der Waals surface area contributed by atoms with Crippen LogP contribution in [0.4, 0.5) is 4.39 Å². The molecule has 1 amide bonds. The number of halogens is 2. The molecule has 98 valence electrons. The average molecular weight is 316 g/mol. The summed E-state index contributed by atoms with van der Waals surface area (Å²) in [6.45, 7) is 0.467. The van der Waals surface area contributed by atoms with Gasteiger partial charge < -0.3 is 10.4 Å². The van der Waals surface area contributed by atoms with E-state index in [4.69, 9.17) is 0 Å². The average Bonchev–Trinajstić information content (AvgIpc) is 2.75. The molecule has 0 radical (unpaired) electrons. The third-order valence-corrected chi connectivity index (χ3v) is 3.93. The van der Waals surface area contributed by atoms with Gasteiger partial charge >= 0.3 is 0 Å². The minimum Gasteiger partial charge on any atom is -0.393 e. The number of nitrogens with one attached hydrogen (secondary N) is 1. The van der Waals surface area contributed by atoms with E-state index in [1.165, 1.54) is 18.2 Å². The minimum atomic E-state index is -0.391. The van der Waals surface area contributed by atoms with Crippen LogP contribution in [0.25, 0.3) is 0 Å². The zero-order valence-corrected chi connectivity index (χ0v) is 11.4. The predicted octanol–water partition coefficient (Wildman–Crippen LogP) is 2.48. The van der Waals surface area contributed by atoms with Gasteiger partial charge in [-0.1, -0.05) is 6.42 Å². The second-order valence-corrected chi connectivity index (χ2v) is 5.45. The summed E-state index contributed by atoms with van der Waals surface area (Å²) in [6.07, 6.45) is 2.44. The standard InChI is InChI=1S/C13H15BrFNO2/c14-10-6-8(4-5-11(10)15)13(18)16-7-9-2-1-3-12(9)17/h4-6,9,12,17H,1-3,7H2,(H,16,18). The lowest BCUT2D eigenvalue weighted by molar-refractivity contribution is 0.0916. The number of aliphatic hydroxyl groups is 1. The predicted molar refractivity (Wildman–Crippen MR) is 69.8 cm³/mol. The molecular weight excluding hydrogens is 301 g/mol. The monoisotopic (exact) mass is 315 g/mol. The van der Waals surface area contributed by atoms with E-state index in [2.05, 4.69) is 21.2 Å². The summed E-state index contributed by atoms with van der Waals surface area (Å²) in [5, 5.41) is 12.4. The van der Waals surface area contributed by atoms with Crippen molar-refractivity contribution in [2.75, 3.05) is 6.54 Å². The van der Waals surface area contributed by atoms with E-state index in [9.17, 15) is 14.3 Å². The van der Waals surface area contributed by atoms with Crippen molar-refractivity contribution in [3.63, 3.8) is 0 Å². The molecule has 1 fully saturated rings. The number of aliphatic hydroxyl groups excluding tert-OH is 1. The van der Waals surface area contributed by atoms with Crippen LogP contribution in [0, 0.1) is 11.7 Å². The van der Waals surface area contributed by atoms with Crippen molar-refractivity contribution in [2.24, 2.45) is 5.92 Å². The molecule has 5 heteroatoms. The van der Waals surface area contributed by atoms with Crippen LogP contribution in [0.2, 0.25) is 0 Å². The Hall–Kier alpha value is -0.940. The first-order chi connectivity index (χ1) is 8.58. The second kappa shape index (κ2) is 5.80. The van der Waals surface area contributed by atoms with Crippen molar-refractivity contribution in [3.05, 3.63) is 34.1 Å². The first-order valence-corrected chi connectivity index (χ1v) is 6.78. The molecule has 2 N–H and O–H groups in total. The highest BCUT2D eigenvalue weighted by Crippen LogP contribution is 2.24. The van der Waals surface area contributed by atoms with Gasteiger partial charge in [0.15, 0.2) is 0 Å². The molecule has 1 aromatic carbocycles. The number of amides is 1.